The van der Waals surface area contributed by atoms with Crippen LogP contribution < -0.4 is 4.72 Å². The third kappa shape index (κ3) is 5.18. The van der Waals surface area contributed by atoms with Gasteiger partial charge in [-0.25, -0.2) is 17.5 Å². The summed E-state index contributed by atoms with van der Waals surface area (Å²) >= 11 is 1.45. The third-order valence-electron chi connectivity index (χ3n) is 5.73. The van der Waals surface area contributed by atoms with Gasteiger partial charge in [-0.1, -0.05) is 78.0 Å². The lowest BCUT2D eigenvalue weighted by atomic mass is 10.1. The van der Waals surface area contributed by atoms with Gasteiger partial charge in [0.1, 0.15) is 5.82 Å². The maximum atomic E-state index is 13.3. The highest BCUT2D eigenvalue weighted by molar-refractivity contribution is 7.98. The Hall–Kier alpha value is -3.53. The van der Waals surface area contributed by atoms with Crippen molar-refractivity contribution in [1.29, 1.82) is 0 Å². The molecule has 0 saturated heterocycles. The molecule has 0 saturated carbocycles. The predicted octanol–water partition coefficient (Wildman–Crippen LogP) is 5.64. The molecule has 0 aliphatic carbocycles. The van der Waals surface area contributed by atoms with E-state index in [1.807, 2.05) is 60.0 Å². The maximum Gasteiger partial charge on any atom is 0.241 e. The standard InChI is InChI=1S/C27H23FN4O2S2/c1-19-9-15-23(16-10-19)32-26(30-31-27(32)35-18-20-11-13-22(28)14-12-20)17-29-36(33,34)25-8-4-6-21-5-2-3-7-24(21)25/h2-16,29H,17-18H2,1H3. The maximum absolute atomic E-state index is 13.3. The highest BCUT2D eigenvalue weighted by Gasteiger charge is 2.20. The van der Waals surface area contributed by atoms with Crippen LogP contribution in [0.4, 0.5) is 4.39 Å². The molecule has 6 nitrogen and oxygen atoms in total. The zero-order valence-electron chi connectivity index (χ0n) is 19.4. The quantitative estimate of drug-likeness (QED) is 0.269. The smallest absolute Gasteiger partial charge is 0.241 e. The second-order valence-electron chi connectivity index (χ2n) is 8.29. The van der Waals surface area contributed by atoms with Crippen molar-refractivity contribution >= 4 is 32.6 Å². The summed E-state index contributed by atoms with van der Waals surface area (Å²) in [7, 11) is -3.81. The van der Waals surface area contributed by atoms with Crippen molar-refractivity contribution in [3.05, 3.63) is 114 Å². The van der Waals surface area contributed by atoms with Crippen LogP contribution >= 0.6 is 11.8 Å². The molecule has 5 rings (SSSR count). The van der Waals surface area contributed by atoms with Crippen molar-refractivity contribution in [2.75, 3.05) is 0 Å². The molecule has 0 aliphatic rings. The van der Waals surface area contributed by atoms with Gasteiger partial charge in [0, 0.05) is 16.8 Å². The fraction of sp³-hybridized carbons (Fsp3) is 0.111. The second-order valence-corrected chi connectivity index (χ2v) is 11.0. The molecule has 0 unspecified atom stereocenters. The number of halogens is 1. The molecular weight excluding hydrogens is 495 g/mol. The van der Waals surface area contributed by atoms with E-state index in [9.17, 15) is 12.8 Å². The Labute approximate surface area is 213 Å². The minimum atomic E-state index is -3.81. The van der Waals surface area contributed by atoms with E-state index >= 15 is 0 Å². The molecule has 0 amide bonds. The van der Waals surface area contributed by atoms with Gasteiger partial charge in [-0.3, -0.25) is 4.57 Å². The summed E-state index contributed by atoms with van der Waals surface area (Å²) < 4.78 is 44.3. The van der Waals surface area contributed by atoms with Crippen molar-refractivity contribution < 1.29 is 12.8 Å². The molecule has 0 fully saturated rings. The highest BCUT2D eigenvalue weighted by Crippen LogP contribution is 2.27. The summed E-state index contributed by atoms with van der Waals surface area (Å²) in [5, 5.41) is 10.8. The number of nitrogens with one attached hydrogen (secondary N) is 1. The van der Waals surface area contributed by atoms with Gasteiger partial charge in [-0.15, -0.1) is 10.2 Å². The Morgan fingerprint density at radius 1 is 0.889 bits per heavy atom. The predicted molar refractivity (Wildman–Crippen MR) is 140 cm³/mol. The minimum absolute atomic E-state index is 0.0382. The lowest BCUT2D eigenvalue weighted by Crippen LogP contribution is -2.25. The van der Waals surface area contributed by atoms with Crippen LogP contribution in [-0.2, 0) is 22.3 Å². The van der Waals surface area contributed by atoms with Crippen LogP contribution in [0, 0.1) is 12.7 Å². The summed E-state index contributed by atoms with van der Waals surface area (Å²) in [6.45, 7) is 1.96. The Bertz CT molecular complexity index is 1610. The van der Waals surface area contributed by atoms with Crippen LogP contribution in [0.1, 0.15) is 17.0 Å². The lowest BCUT2D eigenvalue weighted by molar-refractivity contribution is 0.579. The average molecular weight is 519 g/mol. The van der Waals surface area contributed by atoms with Gasteiger partial charge >= 0.3 is 0 Å². The molecule has 0 aliphatic heterocycles. The molecule has 1 heterocycles. The minimum Gasteiger partial charge on any atom is -0.273 e. The van der Waals surface area contributed by atoms with Gasteiger partial charge < -0.3 is 0 Å². The zero-order valence-corrected chi connectivity index (χ0v) is 21.1. The highest BCUT2D eigenvalue weighted by atomic mass is 32.2. The summed E-state index contributed by atoms with van der Waals surface area (Å²) in [6, 6.07) is 26.7. The third-order valence-corrected chi connectivity index (χ3v) is 8.19. The van der Waals surface area contributed by atoms with Gasteiger partial charge in [0.15, 0.2) is 11.0 Å². The molecule has 1 aromatic heterocycles. The Morgan fingerprint density at radius 2 is 1.61 bits per heavy atom. The first-order valence-electron chi connectivity index (χ1n) is 11.3. The normalized spacial score (nSPS) is 11.7. The van der Waals surface area contributed by atoms with Crippen LogP contribution in [0.15, 0.2) is 101 Å². The van der Waals surface area contributed by atoms with E-state index in [-0.39, 0.29) is 17.3 Å². The van der Waals surface area contributed by atoms with Crippen molar-refractivity contribution in [3.8, 4) is 5.69 Å². The molecule has 9 heteroatoms. The zero-order chi connectivity index (χ0) is 25.1. The van der Waals surface area contributed by atoms with Crippen LogP contribution in [0.5, 0.6) is 0 Å². The van der Waals surface area contributed by atoms with Gasteiger partial charge in [0.2, 0.25) is 10.0 Å². The number of thioether (sulfide) groups is 1. The first-order valence-corrected chi connectivity index (χ1v) is 13.7. The number of nitrogens with zero attached hydrogens (tertiary/aromatic N) is 3. The summed E-state index contributed by atoms with van der Waals surface area (Å²) in [5.74, 6) is 0.739. The van der Waals surface area contributed by atoms with E-state index in [2.05, 4.69) is 14.9 Å². The van der Waals surface area contributed by atoms with E-state index in [0.29, 0.717) is 22.1 Å². The van der Waals surface area contributed by atoms with E-state index in [0.717, 1.165) is 22.2 Å². The number of rotatable bonds is 8. The molecule has 0 bridgehead atoms. The van der Waals surface area contributed by atoms with Crippen LogP contribution in [0.2, 0.25) is 0 Å². The monoisotopic (exact) mass is 518 g/mol. The Kier molecular flexibility index (Phi) is 6.86. The number of benzene rings is 4. The summed E-state index contributed by atoms with van der Waals surface area (Å²) in [6.07, 6.45) is 0. The molecule has 0 spiro atoms. The summed E-state index contributed by atoms with van der Waals surface area (Å²) in [4.78, 5) is 0.216. The van der Waals surface area contributed by atoms with Crippen molar-refractivity contribution in [2.24, 2.45) is 0 Å². The number of fused-ring (bicyclic) bond motifs is 1. The fourth-order valence-electron chi connectivity index (χ4n) is 3.86. The second kappa shape index (κ2) is 10.2. The number of hydrogen-bond donors (Lipinski definition) is 1. The largest absolute Gasteiger partial charge is 0.273 e. The molecule has 36 heavy (non-hydrogen) atoms. The first kappa shape index (κ1) is 24.2. The molecule has 0 radical (unpaired) electrons. The van der Waals surface area contributed by atoms with Gasteiger partial charge in [0.05, 0.1) is 11.4 Å². The molecule has 1 N–H and O–H groups in total. The fourth-order valence-corrected chi connectivity index (χ4v) is 5.99. The molecule has 5 aromatic rings. The topological polar surface area (TPSA) is 76.9 Å². The summed E-state index contributed by atoms with van der Waals surface area (Å²) in [5.41, 5.74) is 2.87. The van der Waals surface area contributed by atoms with E-state index in [1.165, 1.54) is 23.9 Å². The first-order chi connectivity index (χ1) is 17.4. The number of aryl methyl sites for hydroxylation is 1. The SMILES string of the molecule is Cc1ccc(-n2c(CNS(=O)(=O)c3cccc4ccccc34)nnc2SCc2ccc(F)cc2)cc1. The lowest BCUT2D eigenvalue weighted by Gasteiger charge is -2.12. The van der Waals surface area contributed by atoms with Crippen molar-refractivity contribution in [1.82, 2.24) is 19.5 Å². The Balaban J connectivity index is 1.44. The van der Waals surface area contributed by atoms with Gasteiger partial charge in [-0.05, 0) is 48.2 Å². The average Bonchev–Trinajstić information content (AvgIpc) is 3.30. The van der Waals surface area contributed by atoms with Crippen molar-refractivity contribution in [3.63, 3.8) is 0 Å². The van der Waals surface area contributed by atoms with Crippen LogP contribution in [0.25, 0.3) is 16.5 Å². The van der Waals surface area contributed by atoms with Crippen molar-refractivity contribution in [2.45, 2.75) is 29.3 Å². The number of sulfonamides is 1. The van der Waals surface area contributed by atoms with E-state index in [4.69, 9.17) is 0 Å². The van der Waals surface area contributed by atoms with Crippen LogP contribution in [-0.4, -0.2) is 23.2 Å². The number of aromatic nitrogens is 3. The van der Waals surface area contributed by atoms with E-state index in [1.54, 1.807) is 30.3 Å². The van der Waals surface area contributed by atoms with E-state index < -0.39 is 10.0 Å². The Morgan fingerprint density at radius 3 is 2.39 bits per heavy atom. The molecule has 4 aromatic carbocycles. The van der Waals surface area contributed by atoms with Crippen LogP contribution in [0.3, 0.4) is 0 Å². The number of hydrogen-bond acceptors (Lipinski definition) is 5. The molecule has 182 valence electrons. The van der Waals surface area contributed by atoms with Gasteiger partial charge in [0.25, 0.3) is 0 Å². The molecular formula is C27H23FN4O2S2. The van der Waals surface area contributed by atoms with Gasteiger partial charge in [-0.2, -0.15) is 0 Å². The molecule has 0 atom stereocenters.